The predicted octanol–water partition coefficient (Wildman–Crippen LogP) is 1.17. The molecule has 0 aliphatic carbocycles. The second-order valence-corrected chi connectivity index (χ2v) is 11.3. The number of likely N-dealkylation sites (tertiary alicyclic amines) is 1. The average molecular weight is 499 g/mol. The molecule has 1 amide bonds. The highest BCUT2D eigenvalue weighted by atomic mass is 32.2. The van der Waals surface area contributed by atoms with Crippen molar-refractivity contribution in [2.45, 2.75) is 42.7 Å². The van der Waals surface area contributed by atoms with Gasteiger partial charge in [0.2, 0.25) is 11.0 Å². The number of benzene rings is 1. The molecule has 1 aromatic carbocycles. The number of carbonyl (C=O) groups excluding carboxylic acids is 1. The fourth-order valence-corrected chi connectivity index (χ4v) is 5.85. The largest absolute Gasteiger partial charge is 0.393 e. The van der Waals surface area contributed by atoms with E-state index in [4.69, 9.17) is 5.11 Å². The molecular weight excluding hydrogens is 471 g/mol. The zero-order chi connectivity index (χ0) is 23.8. The number of halogens is 1. The van der Waals surface area contributed by atoms with Crippen molar-refractivity contribution in [3.8, 4) is 0 Å². The molecule has 180 valence electrons. The summed E-state index contributed by atoms with van der Waals surface area (Å²) in [7, 11) is -3.48. The molecule has 9 nitrogen and oxygen atoms in total. The molecule has 1 aromatic heterocycles. The number of hydrogen-bond acceptors (Lipinski definition) is 9. The summed E-state index contributed by atoms with van der Waals surface area (Å²) in [5.74, 6) is -0.675. The molecule has 2 aromatic rings. The summed E-state index contributed by atoms with van der Waals surface area (Å²) < 4.78 is 41.8. The maximum Gasteiger partial charge on any atom is 0.226 e. The van der Waals surface area contributed by atoms with Crippen LogP contribution in [0.2, 0.25) is 0 Å². The zero-order valence-electron chi connectivity index (χ0n) is 18.2. The number of aromatic nitrogens is 2. The van der Waals surface area contributed by atoms with E-state index in [1.54, 1.807) is 0 Å². The highest BCUT2D eigenvalue weighted by Crippen LogP contribution is 2.31. The molecule has 0 saturated carbocycles. The third-order valence-corrected chi connectivity index (χ3v) is 8.25. The lowest BCUT2D eigenvalue weighted by atomic mass is 9.97. The zero-order valence-corrected chi connectivity index (χ0v) is 19.9. The molecule has 2 aliphatic rings. The molecule has 2 atom stereocenters. The van der Waals surface area contributed by atoms with Crippen molar-refractivity contribution < 1.29 is 27.8 Å². The molecule has 12 heteroatoms. The third kappa shape index (κ3) is 5.18. The quantitative estimate of drug-likeness (QED) is 0.583. The van der Waals surface area contributed by atoms with Gasteiger partial charge in [-0.25, -0.2) is 17.8 Å². The van der Waals surface area contributed by atoms with E-state index in [1.165, 1.54) is 23.7 Å². The SMILES string of the molecule is CS(=O)(=O)c1ccc(C[C@H]2CCN(C3CCN(c4nc([C@H](O)CO)ns4)CC3)C2=O)c(F)c1. The van der Waals surface area contributed by atoms with Gasteiger partial charge in [0.15, 0.2) is 15.7 Å². The van der Waals surface area contributed by atoms with Gasteiger partial charge in [-0.3, -0.25) is 4.79 Å². The molecule has 2 N–H and O–H groups in total. The minimum atomic E-state index is -3.48. The molecule has 4 rings (SSSR count). The topological polar surface area (TPSA) is 124 Å². The van der Waals surface area contributed by atoms with E-state index in [1.807, 2.05) is 4.90 Å². The van der Waals surface area contributed by atoms with Crippen molar-refractivity contribution in [1.29, 1.82) is 0 Å². The van der Waals surface area contributed by atoms with Crippen LogP contribution in [0.3, 0.4) is 0 Å². The molecule has 0 spiro atoms. The number of piperidine rings is 1. The van der Waals surface area contributed by atoms with Crippen LogP contribution in [0.25, 0.3) is 0 Å². The van der Waals surface area contributed by atoms with Crippen LogP contribution in [0, 0.1) is 11.7 Å². The van der Waals surface area contributed by atoms with E-state index >= 15 is 0 Å². The van der Waals surface area contributed by atoms with Crippen LogP contribution in [0.4, 0.5) is 9.52 Å². The number of sulfone groups is 1. The van der Waals surface area contributed by atoms with E-state index in [0.29, 0.717) is 36.8 Å². The number of aliphatic hydroxyl groups is 2. The number of rotatable bonds is 7. The molecule has 2 saturated heterocycles. The minimum Gasteiger partial charge on any atom is -0.393 e. The molecule has 3 heterocycles. The predicted molar refractivity (Wildman–Crippen MR) is 120 cm³/mol. The summed E-state index contributed by atoms with van der Waals surface area (Å²) in [6.45, 7) is 1.60. The van der Waals surface area contributed by atoms with Gasteiger partial charge in [-0.1, -0.05) is 6.07 Å². The van der Waals surface area contributed by atoms with Crippen LogP contribution in [0.1, 0.15) is 36.8 Å². The number of amides is 1. The number of nitrogens with zero attached hydrogens (tertiary/aromatic N) is 4. The van der Waals surface area contributed by atoms with Crippen molar-refractivity contribution in [3.63, 3.8) is 0 Å². The molecule has 0 radical (unpaired) electrons. The van der Waals surface area contributed by atoms with Crippen LogP contribution in [0.5, 0.6) is 0 Å². The van der Waals surface area contributed by atoms with Crippen LogP contribution in [-0.4, -0.2) is 77.3 Å². The number of anilines is 1. The van der Waals surface area contributed by atoms with Crippen molar-refractivity contribution in [2.75, 3.05) is 37.4 Å². The van der Waals surface area contributed by atoms with Gasteiger partial charge in [0.1, 0.15) is 11.9 Å². The summed E-state index contributed by atoms with van der Waals surface area (Å²) in [5.41, 5.74) is 0.356. The van der Waals surface area contributed by atoms with Crippen LogP contribution in [-0.2, 0) is 21.1 Å². The van der Waals surface area contributed by atoms with Crippen LogP contribution < -0.4 is 4.90 Å². The van der Waals surface area contributed by atoms with Gasteiger partial charge in [0, 0.05) is 49.4 Å². The standard InChI is InChI=1S/C21H27FN4O5S2/c1-33(30,31)16-3-2-13(17(22)11-16)10-14-4-9-26(20(14)29)15-5-7-25(8-6-15)21-23-19(24-32-21)18(28)12-27/h2-3,11,14-15,18,27-28H,4-10,12H2,1H3/t14-,18-/m1/s1. The summed E-state index contributed by atoms with van der Waals surface area (Å²) in [6.07, 6.45) is 2.39. The Balaban J connectivity index is 1.34. The lowest BCUT2D eigenvalue weighted by molar-refractivity contribution is -0.133. The Kier molecular flexibility index (Phi) is 6.99. The normalized spacial score (nSPS) is 21.1. The number of hydrogen-bond donors (Lipinski definition) is 2. The van der Waals surface area contributed by atoms with Crippen molar-refractivity contribution >= 4 is 32.4 Å². The van der Waals surface area contributed by atoms with Gasteiger partial charge in [0.25, 0.3) is 0 Å². The first-order chi connectivity index (χ1) is 15.7. The fourth-order valence-electron chi connectivity index (χ4n) is 4.45. The van der Waals surface area contributed by atoms with E-state index in [0.717, 1.165) is 25.2 Å². The van der Waals surface area contributed by atoms with Gasteiger partial charge in [-0.05, 0) is 43.4 Å². The summed E-state index contributed by atoms with van der Waals surface area (Å²) in [4.78, 5) is 21.2. The monoisotopic (exact) mass is 498 g/mol. The smallest absolute Gasteiger partial charge is 0.226 e. The Morgan fingerprint density at radius 2 is 1.97 bits per heavy atom. The number of aliphatic hydroxyl groups excluding tert-OH is 2. The Morgan fingerprint density at radius 3 is 2.61 bits per heavy atom. The average Bonchev–Trinajstić information content (AvgIpc) is 3.42. The number of carbonyl (C=O) groups is 1. The van der Waals surface area contributed by atoms with E-state index in [2.05, 4.69) is 14.3 Å². The third-order valence-electron chi connectivity index (χ3n) is 6.35. The first-order valence-electron chi connectivity index (χ1n) is 10.8. The Hall–Kier alpha value is -2.15. The molecule has 2 aliphatic heterocycles. The van der Waals surface area contributed by atoms with Crippen molar-refractivity contribution in [2.24, 2.45) is 5.92 Å². The minimum absolute atomic E-state index is 0.0179. The van der Waals surface area contributed by atoms with Crippen molar-refractivity contribution in [1.82, 2.24) is 14.3 Å². The second-order valence-electron chi connectivity index (χ2n) is 8.60. The van der Waals surface area contributed by atoms with Crippen LogP contribution in [0.15, 0.2) is 23.1 Å². The highest BCUT2D eigenvalue weighted by Gasteiger charge is 2.37. The van der Waals surface area contributed by atoms with Gasteiger partial charge in [-0.15, -0.1) is 0 Å². The maximum absolute atomic E-state index is 14.5. The summed E-state index contributed by atoms with van der Waals surface area (Å²) >= 11 is 1.18. The van der Waals surface area contributed by atoms with Crippen molar-refractivity contribution in [3.05, 3.63) is 35.4 Å². The Bertz CT molecular complexity index is 1120. The maximum atomic E-state index is 14.5. The molecule has 0 unspecified atom stereocenters. The lowest BCUT2D eigenvalue weighted by Crippen LogP contribution is -2.46. The van der Waals surface area contributed by atoms with Gasteiger partial charge >= 0.3 is 0 Å². The fraction of sp³-hybridized carbons (Fsp3) is 0.571. The summed E-state index contributed by atoms with van der Waals surface area (Å²) in [6, 6.07) is 3.98. The second kappa shape index (κ2) is 9.61. The van der Waals surface area contributed by atoms with Crippen LogP contribution >= 0.6 is 11.5 Å². The highest BCUT2D eigenvalue weighted by molar-refractivity contribution is 7.90. The van der Waals surface area contributed by atoms with Gasteiger partial charge < -0.3 is 20.0 Å². The molecule has 2 fully saturated rings. The first-order valence-corrected chi connectivity index (χ1v) is 13.5. The Labute approximate surface area is 196 Å². The van der Waals surface area contributed by atoms with E-state index in [-0.39, 0.29) is 35.0 Å². The van der Waals surface area contributed by atoms with E-state index < -0.39 is 28.4 Å². The molecule has 0 bridgehead atoms. The van der Waals surface area contributed by atoms with Gasteiger partial charge in [-0.2, -0.15) is 4.37 Å². The molecular formula is C21H27FN4O5S2. The summed E-state index contributed by atoms with van der Waals surface area (Å²) in [5, 5.41) is 19.4. The first kappa shape index (κ1) is 24.0. The van der Waals surface area contributed by atoms with Gasteiger partial charge in [0.05, 0.1) is 11.5 Å². The molecule has 33 heavy (non-hydrogen) atoms. The lowest BCUT2D eigenvalue weighted by Gasteiger charge is -2.36. The Morgan fingerprint density at radius 1 is 1.24 bits per heavy atom. The van der Waals surface area contributed by atoms with E-state index in [9.17, 15) is 22.7 Å².